The lowest BCUT2D eigenvalue weighted by atomic mass is 10.1. The maximum atomic E-state index is 11.2. The van der Waals surface area contributed by atoms with Gasteiger partial charge < -0.3 is 10.1 Å². The van der Waals surface area contributed by atoms with Crippen LogP contribution in [0.15, 0.2) is 48.8 Å². The van der Waals surface area contributed by atoms with E-state index in [4.69, 9.17) is 4.74 Å². The van der Waals surface area contributed by atoms with E-state index in [1.165, 1.54) is 6.33 Å². The van der Waals surface area contributed by atoms with E-state index in [0.717, 1.165) is 10.8 Å². The summed E-state index contributed by atoms with van der Waals surface area (Å²) in [5.41, 5.74) is -0.293. The molecule has 110 valence electrons. The van der Waals surface area contributed by atoms with Crippen LogP contribution in [0.5, 0.6) is 11.6 Å². The summed E-state index contributed by atoms with van der Waals surface area (Å²) < 4.78 is 5.59. The molecule has 1 N–H and O–H groups in total. The molecule has 3 rings (SSSR count). The summed E-state index contributed by atoms with van der Waals surface area (Å²) in [5.74, 6) is 0.484. The summed E-state index contributed by atoms with van der Waals surface area (Å²) in [6.07, 6.45) is 1.22. The third kappa shape index (κ3) is 2.51. The first-order valence-electron chi connectivity index (χ1n) is 6.53. The van der Waals surface area contributed by atoms with Crippen molar-refractivity contribution >= 4 is 22.3 Å². The monoisotopic (exact) mass is 296 g/mol. The Balaban J connectivity index is 2.03. The van der Waals surface area contributed by atoms with Gasteiger partial charge in [-0.2, -0.15) is 4.98 Å². The minimum Gasteiger partial charge on any atom is -0.434 e. The number of nitrogens with zero attached hydrogens (tertiary/aromatic N) is 3. The Morgan fingerprint density at radius 2 is 1.91 bits per heavy atom. The minimum absolute atomic E-state index is 0.0976. The Labute approximate surface area is 125 Å². The molecular weight excluding hydrogens is 284 g/mol. The molecule has 0 fully saturated rings. The van der Waals surface area contributed by atoms with Gasteiger partial charge in [0.1, 0.15) is 12.1 Å². The maximum absolute atomic E-state index is 11.2. The quantitative estimate of drug-likeness (QED) is 0.586. The highest BCUT2D eigenvalue weighted by molar-refractivity contribution is 5.83. The number of nitrogens with one attached hydrogen (secondary N) is 1. The summed E-state index contributed by atoms with van der Waals surface area (Å²) in [5, 5.41) is 15.9. The molecule has 0 amide bonds. The smallest absolute Gasteiger partial charge is 0.373 e. The molecule has 0 saturated heterocycles. The summed E-state index contributed by atoms with van der Waals surface area (Å²) in [4.78, 5) is 18.3. The van der Waals surface area contributed by atoms with Gasteiger partial charge in [-0.3, -0.25) is 10.1 Å². The van der Waals surface area contributed by atoms with E-state index in [0.29, 0.717) is 5.75 Å². The molecule has 0 aliphatic heterocycles. The van der Waals surface area contributed by atoms with E-state index in [1.807, 2.05) is 30.3 Å². The van der Waals surface area contributed by atoms with E-state index in [2.05, 4.69) is 15.3 Å². The third-order valence-corrected chi connectivity index (χ3v) is 3.14. The minimum atomic E-state index is -0.567. The number of ether oxygens (including phenoxy) is 1. The fourth-order valence-electron chi connectivity index (χ4n) is 2.13. The zero-order valence-electron chi connectivity index (χ0n) is 11.7. The van der Waals surface area contributed by atoms with Crippen molar-refractivity contribution in [1.29, 1.82) is 0 Å². The molecule has 0 unspecified atom stereocenters. The topological polar surface area (TPSA) is 90.2 Å². The molecule has 0 saturated carbocycles. The first kappa shape index (κ1) is 13.7. The number of hydrogen-bond donors (Lipinski definition) is 1. The van der Waals surface area contributed by atoms with Gasteiger partial charge in [-0.15, -0.1) is 0 Å². The molecule has 0 bridgehead atoms. The summed E-state index contributed by atoms with van der Waals surface area (Å²) in [7, 11) is 1.55. The second-order valence-corrected chi connectivity index (χ2v) is 4.49. The second kappa shape index (κ2) is 5.65. The fourth-order valence-corrected chi connectivity index (χ4v) is 2.13. The highest BCUT2D eigenvalue weighted by Crippen LogP contribution is 2.34. The van der Waals surface area contributed by atoms with Gasteiger partial charge in [-0.05, 0) is 22.9 Å². The SMILES string of the molecule is CNc1ncnc(Oc2ccc3ccccc3c2)c1[N+](=O)[O-]. The van der Waals surface area contributed by atoms with Crippen LogP contribution >= 0.6 is 0 Å². The normalized spacial score (nSPS) is 10.4. The molecule has 0 aliphatic carbocycles. The van der Waals surface area contributed by atoms with E-state index in [9.17, 15) is 10.1 Å². The molecule has 3 aromatic rings. The van der Waals surface area contributed by atoms with Crippen LogP contribution < -0.4 is 10.1 Å². The largest absolute Gasteiger partial charge is 0.434 e. The molecule has 1 heterocycles. The first-order chi connectivity index (χ1) is 10.7. The number of fused-ring (bicyclic) bond motifs is 1. The third-order valence-electron chi connectivity index (χ3n) is 3.14. The van der Waals surface area contributed by atoms with E-state index < -0.39 is 4.92 Å². The van der Waals surface area contributed by atoms with Gasteiger partial charge in [0.2, 0.25) is 5.82 Å². The number of anilines is 1. The number of nitro groups is 1. The van der Waals surface area contributed by atoms with E-state index in [1.54, 1.807) is 19.2 Å². The molecule has 2 aromatic carbocycles. The van der Waals surface area contributed by atoms with Crippen LogP contribution in [0, 0.1) is 10.1 Å². The Morgan fingerprint density at radius 3 is 2.64 bits per heavy atom. The van der Waals surface area contributed by atoms with Crippen molar-refractivity contribution in [2.75, 3.05) is 12.4 Å². The summed E-state index contributed by atoms with van der Waals surface area (Å²) in [6.45, 7) is 0. The van der Waals surface area contributed by atoms with Gasteiger partial charge in [-0.25, -0.2) is 4.98 Å². The first-order valence-corrected chi connectivity index (χ1v) is 6.53. The average molecular weight is 296 g/mol. The Kier molecular flexibility index (Phi) is 3.53. The van der Waals surface area contributed by atoms with Crippen LogP contribution in [0.4, 0.5) is 11.5 Å². The number of benzene rings is 2. The Hall–Kier alpha value is -3.22. The predicted octanol–water partition coefficient (Wildman–Crippen LogP) is 3.37. The summed E-state index contributed by atoms with van der Waals surface area (Å²) in [6, 6.07) is 13.2. The van der Waals surface area contributed by atoms with Crippen molar-refractivity contribution in [2.24, 2.45) is 0 Å². The highest BCUT2D eigenvalue weighted by Gasteiger charge is 2.24. The fraction of sp³-hybridized carbons (Fsp3) is 0.0667. The van der Waals surface area contributed by atoms with Crippen molar-refractivity contribution in [2.45, 2.75) is 0 Å². The van der Waals surface area contributed by atoms with Gasteiger partial charge in [0.05, 0.1) is 4.92 Å². The standard InChI is InChI=1S/C15H12N4O3/c1-16-14-13(19(20)21)15(18-9-17-14)22-12-7-6-10-4-2-3-5-11(10)8-12/h2-9H,1H3,(H,16,17,18). The van der Waals surface area contributed by atoms with Crippen molar-refractivity contribution in [3.05, 3.63) is 58.9 Å². The molecule has 7 heteroatoms. The lowest BCUT2D eigenvalue weighted by Gasteiger charge is -2.08. The molecule has 0 spiro atoms. The van der Waals surface area contributed by atoms with Crippen LogP contribution in [0.25, 0.3) is 10.8 Å². The molecule has 22 heavy (non-hydrogen) atoms. The van der Waals surface area contributed by atoms with E-state index >= 15 is 0 Å². The molecule has 0 aliphatic rings. The molecular formula is C15H12N4O3. The van der Waals surface area contributed by atoms with Gasteiger partial charge in [-0.1, -0.05) is 30.3 Å². The summed E-state index contributed by atoms with van der Waals surface area (Å²) >= 11 is 0. The van der Waals surface area contributed by atoms with Crippen molar-refractivity contribution < 1.29 is 9.66 Å². The zero-order valence-corrected chi connectivity index (χ0v) is 11.7. The van der Waals surface area contributed by atoms with Crippen LogP contribution in [-0.2, 0) is 0 Å². The van der Waals surface area contributed by atoms with E-state index in [-0.39, 0.29) is 17.4 Å². The molecule has 0 radical (unpaired) electrons. The van der Waals surface area contributed by atoms with Crippen molar-refractivity contribution in [3.63, 3.8) is 0 Å². The average Bonchev–Trinajstić information content (AvgIpc) is 2.54. The lowest BCUT2D eigenvalue weighted by molar-refractivity contribution is -0.385. The van der Waals surface area contributed by atoms with Gasteiger partial charge >= 0.3 is 11.6 Å². The molecule has 1 aromatic heterocycles. The van der Waals surface area contributed by atoms with Gasteiger partial charge in [0.25, 0.3) is 0 Å². The van der Waals surface area contributed by atoms with Crippen LogP contribution in [0.3, 0.4) is 0 Å². The van der Waals surface area contributed by atoms with Gasteiger partial charge in [0, 0.05) is 7.05 Å². The van der Waals surface area contributed by atoms with Crippen molar-refractivity contribution in [1.82, 2.24) is 9.97 Å². The molecule has 0 atom stereocenters. The Bertz CT molecular complexity index is 851. The second-order valence-electron chi connectivity index (χ2n) is 4.49. The zero-order chi connectivity index (χ0) is 15.5. The van der Waals surface area contributed by atoms with Crippen LogP contribution in [0.1, 0.15) is 0 Å². The number of hydrogen-bond acceptors (Lipinski definition) is 6. The molecule has 7 nitrogen and oxygen atoms in total. The van der Waals surface area contributed by atoms with Crippen molar-refractivity contribution in [3.8, 4) is 11.6 Å². The maximum Gasteiger partial charge on any atom is 0.373 e. The Morgan fingerprint density at radius 1 is 1.14 bits per heavy atom. The van der Waals surface area contributed by atoms with Crippen LogP contribution in [-0.4, -0.2) is 21.9 Å². The van der Waals surface area contributed by atoms with Gasteiger partial charge in [0.15, 0.2) is 0 Å². The number of rotatable bonds is 4. The lowest BCUT2D eigenvalue weighted by Crippen LogP contribution is -2.03. The number of aromatic nitrogens is 2. The predicted molar refractivity (Wildman–Crippen MR) is 82.3 cm³/mol. The van der Waals surface area contributed by atoms with Crippen LogP contribution in [0.2, 0.25) is 0 Å². The highest BCUT2D eigenvalue weighted by atomic mass is 16.6.